The van der Waals surface area contributed by atoms with Gasteiger partial charge in [0.2, 0.25) is 0 Å². The highest BCUT2D eigenvalue weighted by atomic mass is 16.4. The zero-order valence-electron chi connectivity index (χ0n) is 13.2. The number of ketones is 1. The van der Waals surface area contributed by atoms with Crippen molar-refractivity contribution in [1.82, 2.24) is 0 Å². The lowest BCUT2D eigenvalue weighted by molar-refractivity contribution is -0.131. The largest absolute Gasteiger partial charge is 0.478 e. The highest BCUT2D eigenvalue weighted by molar-refractivity contribution is 6.12. The summed E-state index contributed by atoms with van der Waals surface area (Å²) in [5, 5.41) is 8.84. The molecule has 3 heteroatoms. The van der Waals surface area contributed by atoms with E-state index in [-0.39, 0.29) is 5.78 Å². The number of carbonyl (C=O) groups excluding carboxylic acids is 1. The Labute approximate surface area is 132 Å². The lowest BCUT2D eigenvalue weighted by Crippen LogP contribution is -2.15. The standard InChI is InChI=1S/C19H24O3/c1-2-3-4-5-6-7-14-8-9-15-10-11-16(13-18(20)21)19(22)17(15)12-14/h8-9,12-13H,2-7,10-11H2,1H3,(H,20,21)/b16-13-. The number of benzene rings is 1. The zero-order chi connectivity index (χ0) is 15.9. The molecule has 1 N–H and O–H groups in total. The Kier molecular flexibility index (Phi) is 5.93. The van der Waals surface area contributed by atoms with Crippen molar-refractivity contribution in [3.63, 3.8) is 0 Å². The van der Waals surface area contributed by atoms with E-state index in [2.05, 4.69) is 13.0 Å². The normalized spacial score (nSPS) is 15.9. The van der Waals surface area contributed by atoms with Crippen LogP contribution in [0.4, 0.5) is 0 Å². The Balaban J connectivity index is 2.05. The zero-order valence-corrected chi connectivity index (χ0v) is 13.2. The van der Waals surface area contributed by atoms with Crippen LogP contribution < -0.4 is 0 Å². The second kappa shape index (κ2) is 7.92. The quantitative estimate of drug-likeness (QED) is 0.602. The lowest BCUT2D eigenvalue weighted by atomic mass is 9.85. The van der Waals surface area contributed by atoms with Gasteiger partial charge in [-0.2, -0.15) is 0 Å². The van der Waals surface area contributed by atoms with Crippen LogP contribution >= 0.6 is 0 Å². The number of hydrogen-bond acceptors (Lipinski definition) is 2. The summed E-state index contributed by atoms with van der Waals surface area (Å²) >= 11 is 0. The smallest absolute Gasteiger partial charge is 0.328 e. The first-order valence-electron chi connectivity index (χ1n) is 8.22. The van der Waals surface area contributed by atoms with E-state index in [1.807, 2.05) is 12.1 Å². The number of aliphatic carboxylic acids is 1. The third kappa shape index (κ3) is 4.30. The molecule has 0 radical (unpaired) electrons. The SMILES string of the molecule is CCCCCCCc1ccc2c(c1)C(=O)/C(=C\C(=O)O)CC2. The van der Waals surface area contributed by atoms with E-state index in [9.17, 15) is 9.59 Å². The lowest BCUT2D eigenvalue weighted by Gasteiger charge is -2.18. The second-order valence-corrected chi connectivity index (χ2v) is 5.99. The van der Waals surface area contributed by atoms with Crippen LogP contribution in [-0.4, -0.2) is 16.9 Å². The molecule has 0 bridgehead atoms. The summed E-state index contributed by atoms with van der Waals surface area (Å²) in [5.74, 6) is -1.16. The van der Waals surface area contributed by atoms with Gasteiger partial charge in [-0.25, -0.2) is 4.79 Å². The molecule has 0 amide bonds. The average molecular weight is 300 g/mol. The minimum Gasteiger partial charge on any atom is -0.478 e. The number of fused-ring (bicyclic) bond motifs is 1. The number of hydrogen-bond donors (Lipinski definition) is 1. The van der Waals surface area contributed by atoms with Crippen LogP contribution in [-0.2, 0) is 17.6 Å². The molecule has 0 aliphatic heterocycles. The molecule has 0 spiro atoms. The van der Waals surface area contributed by atoms with Gasteiger partial charge in [0.1, 0.15) is 0 Å². The maximum atomic E-state index is 12.4. The van der Waals surface area contributed by atoms with Crippen molar-refractivity contribution in [2.75, 3.05) is 0 Å². The first kappa shape index (κ1) is 16.5. The van der Waals surface area contributed by atoms with E-state index in [0.29, 0.717) is 17.6 Å². The maximum absolute atomic E-state index is 12.4. The third-order valence-corrected chi connectivity index (χ3v) is 4.24. The number of unbranched alkanes of at least 4 members (excludes halogenated alkanes) is 4. The summed E-state index contributed by atoms with van der Waals surface area (Å²) in [6.07, 6.45) is 9.48. The summed E-state index contributed by atoms with van der Waals surface area (Å²) < 4.78 is 0. The van der Waals surface area contributed by atoms with Gasteiger partial charge in [-0.3, -0.25) is 4.79 Å². The summed E-state index contributed by atoms with van der Waals surface area (Å²) in [7, 11) is 0. The van der Waals surface area contributed by atoms with E-state index in [4.69, 9.17) is 5.11 Å². The van der Waals surface area contributed by atoms with E-state index >= 15 is 0 Å². The van der Waals surface area contributed by atoms with E-state index in [1.54, 1.807) is 0 Å². The third-order valence-electron chi connectivity index (χ3n) is 4.24. The highest BCUT2D eigenvalue weighted by Crippen LogP contribution is 2.26. The van der Waals surface area contributed by atoms with Crippen molar-refractivity contribution in [3.05, 3.63) is 46.5 Å². The highest BCUT2D eigenvalue weighted by Gasteiger charge is 2.22. The molecule has 1 aliphatic carbocycles. The minimum absolute atomic E-state index is 0.114. The number of carbonyl (C=O) groups is 2. The first-order valence-corrected chi connectivity index (χ1v) is 8.22. The van der Waals surface area contributed by atoms with Crippen molar-refractivity contribution >= 4 is 11.8 Å². The van der Waals surface area contributed by atoms with Crippen molar-refractivity contribution in [1.29, 1.82) is 0 Å². The van der Waals surface area contributed by atoms with Crippen LogP contribution in [0.15, 0.2) is 29.8 Å². The van der Waals surface area contributed by atoms with Gasteiger partial charge in [-0.15, -0.1) is 0 Å². The van der Waals surface area contributed by atoms with E-state index in [0.717, 1.165) is 30.9 Å². The number of rotatable bonds is 7. The summed E-state index contributed by atoms with van der Waals surface area (Å²) in [4.78, 5) is 23.2. The molecule has 22 heavy (non-hydrogen) atoms. The van der Waals surface area contributed by atoms with Gasteiger partial charge in [0.05, 0.1) is 0 Å². The van der Waals surface area contributed by atoms with Crippen molar-refractivity contribution in [2.45, 2.75) is 58.3 Å². The second-order valence-electron chi connectivity index (χ2n) is 5.99. The molecule has 2 rings (SSSR count). The van der Waals surface area contributed by atoms with Crippen LogP contribution in [0.25, 0.3) is 0 Å². The van der Waals surface area contributed by atoms with Gasteiger partial charge in [-0.1, -0.05) is 44.7 Å². The van der Waals surface area contributed by atoms with Crippen LogP contribution in [0.1, 0.15) is 66.9 Å². The molecular weight excluding hydrogens is 276 g/mol. The molecule has 1 aliphatic rings. The number of carboxylic acids is 1. The Morgan fingerprint density at radius 1 is 1.18 bits per heavy atom. The predicted molar refractivity (Wildman–Crippen MR) is 87.3 cm³/mol. The van der Waals surface area contributed by atoms with Gasteiger partial charge in [0.25, 0.3) is 0 Å². The van der Waals surface area contributed by atoms with Crippen LogP contribution in [0.3, 0.4) is 0 Å². The summed E-state index contributed by atoms with van der Waals surface area (Å²) in [6, 6.07) is 6.11. The fourth-order valence-corrected chi connectivity index (χ4v) is 2.98. The summed E-state index contributed by atoms with van der Waals surface area (Å²) in [5.41, 5.74) is 3.34. The molecule has 0 fully saturated rings. The van der Waals surface area contributed by atoms with Gasteiger partial charge < -0.3 is 5.11 Å². The molecule has 0 saturated heterocycles. The number of Topliss-reactive ketones (excluding diaryl/α,β-unsaturated/α-hetero) is 1. The predicted octanol–water partition coefficient (Wildman–Crippen LogP) is 4.34. The van der Waals surface area contributed by atoms with Crippen molar-refractivity contribution in [3.8, 4) is 0 Å². The molecule has 118 valence electrons. The van der Waals surface area contributed by atoms with Crippen LogP contribution in [0, 0.1) is 0 Å². The number of aryl methyl sites for hydroxylation is 2. The molecular formula is C19H24O3. The molecule has 3 nitrogen and oxygen atoms in total. The van der Waals surface area contributed by atoms with Crippen molar-refractivity contribution < 1.29 is 14.7 Å². The van der Waals surface area contributed by atoms with Crippen molar-refractivity contribution in [2.24, 2.45) is 0 Å². The maximum Gasteiger partial charge on any atom is 0.328 e. The molecule has 0 heterocycles. The molecule has 0 unspecified atom stereocenters. The van der Waals surface area contributed by atoms with Gasteiger partial charge in [-0.05, 0) is 42.9 Å². The molecule has 0 aromatic heterocycles. The van der Waals surface area contributed by atoms with E-state index in [1.165, 1.54) is 31.2 Å². The van der Waals surface area contributed by atoms with Gasteiger partial charge in [0.15, 0.2) is 5.78 Å². The average Bonchev–Trinajstić information content (AvgIpc) is 2.50. The Morgan fingerprint density at radius 3 is 2.68 bits per heavy atom. The van der Waals surface area contributed by atoms with Gasteiger partial charge >= 0.3 is 5.97 Å². The number of allylic oxidation sites excluding steroid dienone is 1. The fourth-order valence-electron chi connectivity index (χ4n) is 2.98. The number of carboxylic acid groups (broad SMARTS) is 1. The topological polar surface area (TPSA) is 54.4 Å². The van der Waals surface area contributed by atoms with Gasteiger partial charge in [0, 0.05) is 17.2 Å². The molecule has 1 aromatic carbocycles. The first-order chi connectivity index (χ1) is 10.6. The van der Waals surface area contributed by atoms with Crippen LogP contribution in [0.5, 0.6) is 0 Å². The van der Waals surface area contributed by atoms with E-state index < -0.39 is 5.97 Å². The van der Waals surface area contributed by atoms with Crippen LogP contribution in [0.2, 0.25) is 0 Å². The molecule has 1 aromatic rings. The molecule has 0 saturated carbocycles. The Morgan fingerprint density at radius 2 is 1.95 bits per heavy atom. The Bertz CT molecular complexity index is 584. The summed E-state index contributed by atoms with van der Waals surface area (Å²) in [6.45, 7) is 2.21. The monoisotopic (exact) mass is 300 g/mol. The Hall–Kier alpha value is -1.90. The minimum atomic E-state index is -1.04. The fraction of sp³-hybridized carbons (Fsp3) is 0.474. The molecule has 0 atom stereocenters.